The van der Waals surface area contributed by atoms with Crippen molar-refractivity contribution in [1.82, 2.24) is 15.2 Å². The van der Waals surface area contributed by atoms with E-state index in [1.165, 1.54) is 0 Å². The summed E-state index contributed by atoms with van der Waals surface area (Å²) in [7, 11) is 0. The van der Waals surface area contributed by atoms with E-state index in [0.717, 1.165) is 24.0 Å². The highest BCUT2D eigenvalue weighted by atomic mass is 16.2. The number of urea groups is 1. The van der Waals surface area contributed by atoms with Crippen molar-refractivity contribution in [2.24, 2.45) is 0 Å². The summed E-state index contributed by atoms with van der Waals surface area (Å²) in [5.41, 5.74) is 2.19. The first-order valence-electron chi connectivity index (χ1n) is 8.20. The summed E-state index contributed by atoms with van der Waals surface area (Å²) in [6.45, 7) is 4.09. The summed E-state index contributed by atoms with van der Waals surface area (Å²) in [6, 6.07) is 14.4. The molecule has 0 spiro atoms. The minimum Gasteiger partial charge on any atom is -0.331 e. The smallest absolute Gasteiger partial charge is 0.318 e. The van der Waals surface area contributed by atoms with E-state index < -0.39 is 0 Å². The van der Waals surface area contributed by atoms with Gasteiger partial charge in [0.1, 0.15) is 0 Å². The van der Waals surface area contributed by atoms with Gasteiger partial charge in [0, 0.05) is 18.4 Å². The lowest BCUT2D eigenvalue weighted by atomic mass is 10.1. The Morgan fingerprint density at radius 3 is 2.43 bits per heavy atom. The maximum Gasteiger partial charge on any atom is 0.318 e. The minimum atomic E-state index is -0.00829. The highest BCUT2D eigenvalue weighted by molar-refractivity contribution is 5.76. The van der Waals surface area contributed by atoms with Crippen molar-refractivity contribution >= 4 is 6.03 Å². The number of hydrogen-bond acceptors (Lipinski definition) is 2. The van der Waals surface area contributed by atoms with Crippen molar-refractivity contribution in [2.45, 2.75) is 44.8 Å². The number of nitrogens with zero attached hydrogens (tertiary/aromatic N) is 2. The highest BCUT2D eigenvalue weighted by Gasteiger charge is 2.36. The van der Waals surface area contributed by atoms with Gasteiger partial charge in [0.25, 0.3) is 0 Å². The number of carbonyl (C=O) groups is 1. The van der Waals surface area contributed by atoms with Crippen LogP contribution in [0.15, 0.2) is 54.9 Å². The molecule has 23 heavy (non-hydrogen) atoms. The largest absolute Gasteiger partial charge is 0.331 e. The molecule has 0 bridgehead atoms. The van der Waals surface area contributed by atoms with Crippen molar-refractivity contribution in [3.05, 3.63) is 66.0 Å². The third-order valence-electron chi connectivity index (χ3n) is 4.40. The maximum atomic E-state index is 12.8. The van der Waals surface area contributed by atoms with Crippen molar-refractivity contribution in [1.29, 1.82) is 0 Å². The zero-order chi connectivity index (χ0) is 16.2. The van der Waals surface area contributed by atoms with Crippen LogP contribution in [-0.4, -0.2) is 22.0 Å². The van der Waals surface area contributed by atoms with E-state index >= 15 is 0 Å². The zero-order valence-corrected chi connectivity index (χ0v) is 13.6. The van der Waals surface area contributed by atoms with Crippen LogP contribution in [0.4, 0.5) is 4.79 Å². The molecule has 1 heterocycles. The van der Waals surface area contributed by atoms with Gasteiger partial charge in [-0.3, -0.25) is 4.98 Å². The average molecular weight is 309 g/mol. The first-order valence-corrected chi connectivity index (χ1v) is 8.20. The number of carbonyl (C=O) groups excluding carboxylic acids is 1. The second-order valence-electron chi connectivity index (χ2n) is 6.18. The van der Waals surface area contributed by atoms with E-state index in [0.29, 0.717) is 6.04 Å². The number of amides is 2. The van der Waals surface area contributed by atoms with Crippen molar-refractivity contribution in [3.8, 4) is 0 Å². The zero-order valence-electron chi connectivity index (χ0n) is 13.6. The molecule has 0 unspecified atom stereocenters. The first kappa shape index (κ1) is 15.5. The fourth-order valence-corrected chi connectivity index (χ4v) is 2.88. The fraction of sp³-hybridized carbons (Fsp3) is 0.368. The van der Waals surface area contributed by atoms with Gasteiger partial charge in [0.2, 0.25) is 0 Å². The van der Waals surface area contributed by atoms with E-state index in [4.69, 9.17) is 0 Å². The fourth-order valence-electron chi connectivity index (χ4n) is 2.88. The molecule has 4 nitrogen and oxygen atoms in total. The van der Waals surface area contributed by atoms with Crippen LogP contribution in [-0.2, 0) is 0 Å². The molecule has 120 valence electrons. The van der Waals surface area contributed by atoms with E-state index in [1.807, 2.05) is 60.5 Å². The number of rotatable bonds is 5. The van der Waals surface area contributed by atoms with Gasteiger partial charge in [-0.1, -0.05) is 36.4 Å². The molecule has 1 aliphatic carbocycles. The second kappa shape index (κ2) is 6.82. The van der Waals surface area contributed by atoms with Gasteiger partial charge in [-0.2, -0.15) is 0 Å². The molecular weight excluding hydrogens is 286 g/mol. The Kier molecular flexibility index (Phi) is 4.60. The summed E-state index contributed by atoms with van der Waals surface area (Å²) in [5, 5.41) is 3.13. The number of aromatic nitrogens is 1. The number of hydrogen-bond donors (Lipinski definition) is 1. The Bertz CT molecular complexity index is 640. The van der Waals surface area contributed by atoms with Crippen LogP contribution in [0.3, 0.4) is 0 Å². The number of benzene rings is 1. The van der Waals surface area contributed by atoms with Gasteiger partial charge in [-0.05, 0) is 43.9 Å². The van der Waals surface area contributed by atoms with Crippen LogP contribution in [0.25, 0.3) is 0 Å². The standard InChI is InChI=1S/C19H23N3O/c1-14(16-7-4-3-5-8-16)21-19(23)22(18-10-11-18)15(2)17-9-6-12-20-13-17/h3-9,12-15,18H,10-11H2,1-2H3,(H,21,23)/t14-,15-/m1/s1. The molecular formula is C19H23N3O. The van der Waals surface area contributed by atoms with Crippen LogP contribution < -0.4 is 5.32 Å². The van der Waals surface area contributed by atoms with Crippen molar-refractivity contribution in [3.63, 3.8) is 0 Å². The number of pyridine rings is 1. The van der Waals surface area contributed by atoms with Crippen LogP contribution in [0, 0.1) is 0 Å². The number of nitrogens with one attached hydrogen (secondary N) is 1. The topological polar surface area (TPSA) is 45.2 Å². The first-order chi connectivity index (χ1) is 11.2. The Hall–Kier alpha value is -2.36. The molecule has 1 aromatic heterocycles. The average Bonchev–Trinajstić information content (AvgIpc) is 3.41. The summed E-state index contributed by atoms with van der Waals surface area (Å²) >= 11 is 0. The molecule has 2 atom stereocenters. The molecule has 0 aliphatic heterocycles. The second-order valence-corrected chi connectivity index (χ2v) is 6.18. The molecule has 1 N–H and O–H groups in total. The van der Waals surface area contributed by atoms with Gasteiger partial charge in [0.05, 0.1) is 12.1 Å². The third-order valence-corrected chi connectivity index (χ3v) is 4.40. The van der Waals surface area contributed by atoms with Gasteiger partial charge >= 0.3 is 6.03 Å². The molecule has 4 heteroatoms. The van der Waals surface area contributed by atoms with E-state index in [1.54, 1.807) is 6.20 Å². The SMILES string of the molecule is C[C@H](c1cccnc1)N(C(=O)N[C@H](C)c1ccccc1)C1CC1. The van der Waals surface area contributed by atoms with Crippen LogP contribution in [0.2, 0.25) is 0 Å². The minimum absolute atomic E-state index is 0.000191. The van der Waals surface area contributed by atoms with E-state index in [2.05, 4.69) is 17.2 Å². The molecule has 1 aliphatic rings. The Morgan fingerprint density at radius 1 is 1.13 bits per heavy atom. The van der Waals surface area contributed by atoms with E-state index in [9.17, 15) is 4.79 Å². The maximum absolute atomic E-state index is 12.8. The monoisotopic (exact) mass is 309 g/mol. The van der Waals surface area contributed by atoms with Gasteiger partial charge in [-0.25, -0.2) is 4.79 Å². The van der Waals surface area contributed by atoms with Crippen LogP contribution in [0.5, 0.6) is 0 Å². The highest BCUT2D eigenvalue weighted by Crippen LogP contribution is 2.34. The summed E-state index contributed by atoms with van der Waals surface area (Å²) in [4.78, 5) is 19.0. The molecule has 0 saturated heterocycles. The van der Waals surface area contributed by atoms with Crippen LogP contribution in [0.1, 0.15) is 49.9 Å². The Labute approximate surface area is 137 Å². The lowest BCUT2D eigenvalue weighted by Crippen LogP contribution is -2.43. The summed E-state index contributed by atoms with van der Waals surface area (Å²) in [5.74, 6) is 0. The molecule has 0 radical (unpaired) electrons. The molecule has 1 saturated carbocycles. The predicted octanol–water partition coefficient (Wildman–Crippen LogP) is 4.08. The Morgan fingerprint density at radius 2 is 1.83 bits per heavy atom. The molecule has 1 fully saturated rings. The quantitative estimate of drug-likeness (QED) is 0.904. The normalized spacial score (nSPS) is 16.4. The molecule has 1 aromatic carbocycles. The lowest BCUT2D eigenvalue weighted by Gasteiger charge is -2.31. The van der Waals surface area contributed by atoms with Gasteiger partial charge < -0.3 is 10.2 Å². The van der Waals surface area contributed by atoms with E-state index in [-0.39, 0.29) is 18.1 Å². The van der Waals surface area contributed by atoms with Crippen molar-refractivity contribution < 1.29 is 4.79 Å². The van der Waals surface area contributed by atoms with Crippen LogP contribution >= 0.6 is 0 Å². The Balaban J connectivity index is 1.72. The van der Waals surface area contributed by atoms with Gasteiger partial charge in [0.15, 0.2) is 0 Å². The molecule has 3 rings (SSSR count). The lowest BCUT2D eigenvalue weighted by molar-refractivity contribution is 0.172. The molecule has 2 amide bonds. The summed E-state index contributed by atoms with van der Waals surface area (Å²) < 4.78 is 0. The third kappa shape index (κ3) is 3.70. The van der Waals surface area contributed by atoms with Gasteiger partial charge in [-0.15, -0.1) is 0 Å². The predicted molar refractivity (Wildman–Crippen MR) is 90.9 cm³/mol. The van der Waals surface area contributed by atoms with Crippen molar-refractivity contribution in [2.75, 3.05) is 0 Å². The molecule has 2 aromatic rings. The summed E-state index contributed by atoms with van der Waals surface area (Å²) in [6.07, 6.45) is 5.76.